The van der Waals surface area contributed by atoms with Crippen LogP contribution in [0.15, 0.2) is 12.4 Å². The van der Waals surface area contributed by atoms with E-state index in [-0.39, 0.29) is 6.54 Å². The van der Waals surface area contributed by atoms with Gasteiger partial charge in [0.05, 0.1) is 6.16 Å². The van der Waals surface area contributed by atoms with Crippen LogP contribution in [0.2, 0.25) is 0 Å². The second kappa shape index (κ2) is 4.52. The van der Waals surface area contributed by atoms with Crippen LogP contribution in [-0.2, 0) is 15.9 Å². The molecule has 0 aliphatic rings. The van der Waals surface area contributed by atoms with Crippen LogP contribution in [0.4, 0.5) is 0 Å². The van der Waals surface area contributed by atoms with E-state index in [0.717, 1.165) is 0 Å². The number of hydrogen-bond donors (Lipinski definition) is 4. The maximum atomic E-state index is 10.7. The average Bonchev–Trinajstić information content (AvgIpc) is 2.52. The molecule has 1 aromatic rings. The fourth-order valence-electron chi connectivity index (χ4n) is 1.09. The first-order valence-electron chi connectivity index (χ1n) is 4.04. The van der Waals surface area contributed by atoms with E-state index in [2.05, 4.69) is 10.3 Å². The highest BCUT2D eigenvalue weighted by atomic mass is 31.2. The van der Waals surface area contributed by atoms with Gasteiger partial charge in [-0.1, -0.05) is 5.21 Å². The highest BCUT2D eigenvalue weighted by Crippen LogP contribution is 2.36. The summed E-state index contributed by atoms with van der Waals surface area (Å²) >= 11 is 0. The number of nitrogens with zero attached hydrogens (tertiary/aromatic N) is 2. The van der Waals surface area contributed by atoms with Gasteiger partial charge in [-0.15, -0.1) is 0 Å². The van der Waals surface area contributed by atoms with Crippen molar-refractivity contribution in [2.45, 2.75) is 6.54 Å². The Morgan fingerprint density at radius 2 is 2.27 bits per heavy atom. The third-order valence-electron chi connectivity index (χ3n) is 1.73. The van der Waals surface area contributed by atoms with Gasteiger partial charge in [0.1, 0.15) is 12.5 Å². The van der Waals surface area contributed by atoms with Gasteiger partial charge in [-0.05, 0) is 0 Å². The summed E-state index contributed by atoms with van der Waals surface area (Å²) in [6, 6.07) is 0. The van der Waals surface area contributed by atoms with Crippen molar-refractivity contribution in [1.82, 2.24) is 10.3 Å². The molecule has 1 aromatic heterocycles. The molecular weight excluding hydrogens is 225 g/mol. The van der Waals surface area contributed by atoms with Gasteiger partial charge in [0, 0.05) is 5.10 Å². The van der Waals surface area contributed by atoms with Gasteiger partial charge in [-0.3, -0.25) is 9.36 Å². The van der Waals surface area contributed by atoms with Crippen molar-refractivity contribution >= 4 is 13.6 Å². The lowest BCUT2D eigenvalue weighted by Crippen LogP contribution is -2.42. The topological polar surface area (TPSA) is 127 Å². The molecule has 1 atom stereocenters. The Balaban J connectivity index is 2.68. The number of rotatable bonds is 5. The molecule has 1 unspecified atom stereocenters. The van der Waals surface area contributed by atoms with Gasteiger partial charge in [0.2, 0.25) is 6.20 Å². The lowest BCUT2D eigenvalue weighted by molar-refractivity contribution is -0.756. The molecular formula is C6H11N3O5P+. The number of hydrogen-bond acceptors (Lipinski definition) is 3. The monoisotopic (exact) mass is 236 g/mol. The molecule has 15 heavy (non-hydrogen) atoms. The minimum atomic E-state index is -4.32. The summed E-state index contributed by atoms with van der Waals surface area (Å²) in [5, 5.41) is 14.8. The van der Waals surface area contributed by atoms with Crippen molar-refractivity contribution in [2.75, 3.05) is 6.16 Å². The first-order chi connectivity index (χ1) is 6.88. The Kier molecular flexibility index (Phi) is 3.57. The zero-order valence-corrected chi connectivity index (χ0v) is 8.54. The average molecular weight is 236 g/mol. The summed E-state index contributed by atoms with van der Waals surface area (Å²) in [6.45, 7) is -0.0551. The van der Waals surface area contributed by atoms with E-state index >= 15 is 0 Å². The minimum absolute atomic E-state index is 0.0551. The van der Waals surface area contributed by atoms with Crippen molar-refractivity contribution in [3.63, 3.8) is 0 Å². The van der Waals surface area contributed by atoms with Crippen LogP contribution in [0.25, 0.3) is 0 Å². The summed E-state index contributed by atoms with van der Waals surface area (Å²) in [6.07, 6.45) is 2.21. The smallest absolute Gasteiger partial charge is 0.326 e. The third kappa shape index (κ3) is 4.20. The van der Waals surface area contributed by atoms with E-state index in [0.29, 0.717) is 0 Å². The lowest BCUT2D eigenvalue weighted by atomic mass is 10.2. The largest absolute Gasteiger partial charge is 0.481 e. The SMILES string of the molecule is O=C(O)C(C[n+]1ccn[nH]1)CP(=O)(O)O. The van der Waals surface area contributed by atoms with Crippen molar-refractivity contribution in [3.8, 4) is 0 Å². The highest BCUT2D eigenvalue weighted by Gasteiger charge is 2.29. The molecule has 84 valence electrons. The summed E-state index contributed by atoms with van der Waals surface area (Å²) in [5.74, 6) is -2.39. The number of carboxylic acid groups (broad SMARTS) is 1. The molecule has 0 aliphatic carbocycles. The molecule has 8 nitrogen and oxygen atoms in total. The van der Waals surface area contributed by atoms with E-state index < -0.39 is 25.6 Å². The zero-order valence-electron chi connectivity index (χ0n) is 7.65. The molecule has 9 heteroatoms. The van der Waals surface area contributed by atoms with Crippen LogP contribution >= 0.6 is 7.60 Å². The summed E-state index contributed by atoms with van der Waals surface area (Å²) in [5.41, 5.74) is 0. The third-order valence-corrected chi connectivity index (χ3v) is 2.65. The van der Waals surface area contributed by atoms with Gasteiger partial charge >= 0.3 is 13.6 Å². The molecule has 4 N–H and O–H groups in total. The molecule has 0 amide bonds. The van der Waals surface area contributed by atoms with Gasteiger partial charge in [0.15, 0.2) is 6.20 Å². The Morgan fingerprint density at radius 1 is 1.60 bits per heavy atom. The van der Waals surface area contributed by atoms with E-state index in [9.17, 15) is 9.36 Å². The normalized spacial score (nSPS) is 13.7. The van der Waals surface area contributed by atoms with Crippen LogP contribution < -0.4 is 4.68 Å². The van der Waals surface area contributed by atoms with E-state index in [1.165, 1.54) is 17.1 Å². The number of aromatic amines is 1. The molecule has 0 radical (unpaired) electrons. The molecule has 0 aromatic carbocycles. The predicted octanol–water partition coefficient (Wildman–Crippen LogP) is -1.42. The second-order valence-corrected chi connectivity index (χ2v) is 4.76. The standard InChI is InChI=1S/C6H10N3O5P/c10-6(11)5(4-15(12,13)14)3-9-2-1-7-8-9/h1-2,5H,3-4H2,(H3,10,11,12,13,14)/p+1. The second-order valence-electron chi connectivity index (χ2n) is 3.06. The lowest BCUT2D eigenvalue weighted by Gasteiger charge is -2.10. The Morgan fingerprint density at radius 3 is 2.67 bits per heavy atom. The first-order valence-corrected chi connectivity index (χ1v) is 5.84. The Hall–Kier alpha value is -1.24. The Bertz CT molecular complexity index is 372. The molecule has 0 bridgehead atoms. The molecule has 0 aliphatic heterocycles. The number of aliphatic carboxylic acids is 1. The van der Waals surface area contributed by atoms with Gasteiger partial charge in [-0.25, -0.2) is 0 Å². The van der Waals surface area contributed by atoms with E-state index in [1.807, 2.05) is 0 Å². The number of carbonyl (C=O) groups is 1. The molecule has 0 fully saturated rings. The summed E-state index contributed by atoms with van der Waals surface area (Å²) in [4.78, 5) is 28.1. The van der Waals surface area contributed by atoms with Gasteiger partial charge in [-0.2, -0.15) is 4.68 Å². The first kappa shape index (κ1) is 11.8. The zero-order chi connectivity index (χ0) is 11.5. The Labute approximate surface area is 84.7 Å². The summed E-state index contributed by atoms with van der Waals surface area (Å²) in [7, 11) is -4.32. The van der Waals surface area contributed by atoms with Crippen molar-refractivity contribution < 1.29 is 28.9 Å². The van der Waals surface area contributed by atoms with Crippen LogP contribution in [0.1, 0.15) is 0 Å². The molecule has 0 saturated heterocycles. The molecule has 1 rings (SSSR count). The quantitative estimate of drug-likeness (QED) is 0.367. The van der Waals surface area contributed by atoms with Crippen LogP contribution in [-0.4, -0.2) is 37.3 Å². The number of carboxylic acids is 1. The van der Waals surface area contributed by atoms with Crippen molar-refractivity contribution in [2.24, 2.45) is 5.92 Å². The van der Waals surface area contributed by atoms with Gasteiger partial charge in [0.25, 0.3) is 0 Å². The van der Waals surface area contributed by atoms with E-state index in [1.54, 1.807) is 0 Å². The van der Waals surface area contributed by atoms with Crippen LogP contribution in [0.5, 0.6) is 0 Å². The predicted molar refractivity (Wildman–Crippen MR) is 46.8 cm³/mol. The summed E-state index contributed by atoms with van der Waals surface area (Å²) < 4.78 is 12.0. The molecule has 0 saturated carbocycles. The molecule has 0 spiro atoms. The highest BCUT2D eigenvalue weighted by molar-refractivity contribution is 7.51. The number of nitrogens with one attached hydrogen (secondary N) is 1. The maximum absolute atomic E-state index is 10.7. The molecule has 1 heterocycles. The fraction of sp³-hybridized carbons (Fsp3) is 0.500. The van der Waals surface area contributed by atoms with Crippen LogP contribution in [0.3, 0.4) is 0 Å². The van der Waals surface area contributed by atoms with Gasteiger partial charge < -0.3 is 14.9 Å². The number of H-pyrrole nitrogens is 1. The fourth-order valence-corrected chi connectivity index (χ4v) is 1.94. The van der Waals surface area contributed by atoms with Crippen LogP contribution in [0, 0.1) is 5.92 Å². The van der Waals surface area contributed by atoms with E-state index in [4.69, 9.17) is 14.9 Å². The maximum Gasteiger partial charge on any atom is 0.326 e. The van der Waals surface area contributed by atoms with Crippen molar-refractivity contribution in [1.29, 1.82) is 0 Å². The van der Waals surface area contributed by atoms with Crippen molar-refractivity contribution in [3.05, 3.63) is 12.4 Å². The minimum Gasteiger partial charge on any atom is -0.481 e. The number of aromatic nitrogens is 3.